The molecule has 1 aromatic rings. The molecular formula is C18H26BrNO. The third-order valence-corrected chi connectivity index (χ3v) is 5.50. The number of anilines is 1. The van der Waals surface area contributed by atoms with Gasteiger partial charge in [-0.15, -0.1) is 0 Å². The number of unbranched alkanes of at least 4 members (excludes halogenated alkanes) is 1. The summed E-state index contributed by atoms with van der Waals surface area (Å²) < 4.78 is 1.08. The van der Waals surface area contributed by atoms with E-state index in [4.69, 9.17) is 0 Å². The topological polar surface area (TPSA) is 29.1 Å². The molecule has 2 rings (SSSR count). The van der Waals surface area contributed by atoms with E-state index >= 15 is 0 Å². The molecule has 0 bridgehead atoms. The number of hydrogen-bond donors (Lipinski definition) is 1. The minimum atomic E-state index is 0.200. The Hall–Kier alpha value is -0.830. The molecule has 2 nitrogen and oxygen atoms in total. The van der Waals surface area contributed by atoms with Gasteiger partial charge >= 0.3 is 0 Å². The van der Waals surface area contributed by atoms with Gasteiger partial charge in [-0.05, 0) is 62.3 Å². The van der Waals surface area contributed by atoms with Crippen molar-refractivity contribution < 1.29 is 4.79 Å². The summed E-state index contributed by atoms with van der Waals surface area (Å²) in [6.45, 7) is 4.29. The number of carbonyl (C=O) groups excluding carboxylic acids is 1. The van der Waals surface area contributed by atoms with Crippen LogP contribution >= 0.6 is 15.9 Å². The second kappa shape index (κ2) is 7.98. The SMILES string of the molecule is CCCCC1CCC(C(=O)Nc2ccc(Br)c(C)c2)CC1. The number of aryl methyl sites for hydroxylation is 1. The summed E-state index contributed by atoms with van der Waals surface area (Å²) >= 11 is 3.49. The molecule has 0 unspecified atom stereocenters. The summed E-state index contributed by atoms with van der Waals surface area (Å²) in [4.78, 5) is 12.4. The van der Waals surface area contributed by atoms with E-state index in [0.29, 0.717) is 0 Å². The Morgan fingerprint density at radius 1 is 1.29 bits per heavy atom. The zero-order chi connectivity index (χ0) is 15.2. The second-order valence-electron chi connectivity index (χ2n) is 6.31. The zero-order valence-corrected chi connectivity index (χ0v) is 14.7. The lowest BCUT2D eigenvalue weighted by Gasteiger charge is -2.27. The highest BCUT2D eigenvalue weighted by Crippen LogP contribution is 2.32. The van der Waals surface area contributed by atoms with E-state index < -0.39 is 0 Å². The van der Waals surface area contributed by atoms with Gasteiger partial charge in [0, 0.05) is 16.1 Å². The molecule has 0 atom stereocenters. The Morgan fingerprint density at radius 3 is 2.62 bits per heavy atom. The maximum Gasteiger partial charge on any atom is 0.227 e. The Kier molecular flexibility index (Phi) is 6.28. The van der Waals surface area contributed by atoms with Crippen LogP contribution in [-0.4, -0.2) is 5.91 Å². The minimum Gasteiger partial charge on any atom is -0.326 e. The Labute approximate surface area is 136 Å². The third-order valence-electron chi connectivity index (χ3n) is 4.61. The Bertz CT molecular complexity index is 478. The lowest BCUT2D eigenvalue weighted by Crippen LogP contribution is -2.27. The van der Waals surface area contributed by atoms with Gasteiger partial charge in [0.2, 0.25) is 5.91 Å². The fourth-order valence-corrected chi connectivity index (χ4v) is 3.42. The molecule has 0 aromatic heterocycles. The standard InChI is InChI=1S/C18H26BrNO/c1-3-4-5-14-6-8-15(9-7-14)18(21)20-16-10-11-17(19)13(2)12-16/h10-12,14-15H,3-9H2,1-2H3,(H,20,21). The van der Waals surface area contributed by atoms with Crippen LogP contribution in [0.1, 0.15) is 57.4 Å². The molecule has 21 heavy (non-hydrogen) atoms. The molecule has 1 N–H and O–H groups in total. The van der Waals surface area contributed by atoms with E-state index in [1.807, 2.05) is 25.1 Å². The van der Waals surface area contributed by atoms with Gasteiger partial charge in [-0.1, -0.05) is 42.1 Å². The number of hydrogen-bond acceptors (Lipinski definition) is 1. The third kappa shape index (κ3) is 4.84. The molecule has 0 radical (unpaired) electrons. The number of rotatable bonds is 5. The molecule has 3 heteroatoms. The highest BCUT2D eigenvalue weighted by Gasteiger charge is 2.25. The monoisotopic (exact) mass is 351 g/mol. The van der Waals surface area contributed by atoms with Crippen molar-refractivity contribution >= 4 is 27.5 Å². The smallest absolute Gasteiger partial charge is 0.227 e. The zero-order valence-electron chi connectivity index (χ0n) is 13.1. The van der Waals surface area contributed by atoms with Crippen molar-refractivity contribution in [2.45, 2.75) is 58.8 Å². The first-order valence-corrected chi connectivity index (χ1v) is 8.96. The number of nitrogens with one attached hydrogen (secondary N) is 1. The van der Waals surface area contributed by atoms with Gasteiger partial charge in [-0.25, -0.2) is 0 Å². The fraction of sp³-hybridized carbons (Fsp3) is 0.611. The van der Waals surface area contributed by atoms with Crippen molar-refractivity contribution in [1.29, 1.82) is 0 Å². The molecule has 1 aliphatic carbocycles. The number of amides is 1. The van der Waals surface area contributed by atoms with Gasteiger partial charge in [0.15, 0.2) is 0 Å². The number of halogens is 1. The average Bonchev–Trinajstić information content (AvgIpc) is 2.49. The van der Waals surface area contributed by atoms with Gasteiger partial charge in [0.1, 0.15) is 0 Å². The van der Waals surface area contributed by atoms with E-state index in [1.165, 1.54) is 32.1 Å². The van der Waals surface area contributed by atoms with Crippen LogP contribution in [0.3, 0.4) is 0 Å². The molecular weight excluding hydrogens is 326 g/mol. The maximum absolute atomic E-state index is 12.4. The van der Waals surface area contributed by atoms with Crippen LogP contribution in [0.4, 0.5) is 5.69 Å². The number of benzene rings is 1. The van der Waals surface area contributed by atoms with Crippen LogP contribution in [0, 0.1) is 18.8 Å². The van der Waals surface area contributed by atoms with Crippen LogP contribution in [0.5, 0.6) is 0 Å². The Morgan fingerprint density at radius 2 is 2.00 bits per heavy atom. The summed E-state index contributed by atoms with van der Waals surface area (Å²) in [5.41, 5.74) is 2.06. The summed E-state index contributed by atoms with van der Waals surface area (Å²) in [6, 6.07) is 5.98. The van der Waals surface area contributed by atoms with Crippen molar-refractivity contribution in [3.63, 3.8) is 0 Å². The van der Waals surface area contributed by atoms with Crippen molar-refractivity contribution in [1.82, 2.24) is 0 Å². The first-order chi connectivity index (χ1) is 10.1. The molecule has 0 saturated heterocycles. The normalized spacial score (nSPS) is 22.0. The van der Waals surface area contributed by atoms with Gasteiger partial charge in [-0.3, -0.25) is 4.79 Å². The summed E-state index contributed by atoms with van der Waals surface area (Å²) in [6.07, 6.45) is 8.50. The highest BCUT2D eigenvalue weighted by molar-refractivity contribution is 9.10. The van der Waals surface area contributed by atoms with Gasteiger partial charge in [-0.2, -0.15) is 0 Å². The van der Waals surface area contributed by atoms with Gasteiger partial charge in [0.25, 0.3) is 0 Å². The summed E-state index contributed by atoms with van der Waals surface area (Å²) in [5.74, 6) is 1.25. The van der Waals surface area contributed by atoms with Crippen LogP contribution in [0.25, 0.3) is 0 Å². The lowest BCUT2D eigenvalue weighted by atomic mass is 9.79. The summed E-state index contributed by atoms with van der Waals surface area (Å²) in [5, 5.41) is 3.08. The first kappa shape index (κ1) is 16.5. The molecule has 1 amide bonds. The Balaban J connectivity index is 1.83. The lowest BCUT2D eigenvalue weighted by molar-refractivity contribution is -0.121. The van der Waals surface area contributed by atoms with Crippen LogP contribution in [-0.2, 0) is 4.79 Å². The van der Waals surface area contributed by atoms with E-state index in [0.717, 1.165) is 34.5 Å². The second-order valence-corrected chi connectivity index (χ2v) is 7.17. The fourth-order valence-electron chi connectivity index (χ4n) is 3.17. The molecule has 0 aliphatic heterocycles. The van der Waals surface area contributed by atoms with Crippen LogP contribution < -0.4 is 5.32 Å². The predicted octanol–water partition coefficient (Wildman–Crippen LogP) is 5.69. The molecule has 0 heterocycles. The van der Waals surface area contributed by atoms with Crippen molar-refractivity contribution in [2.24, 2.45) is 11.8 Å². The molecule has 0 spiro atoms. The minimum absolute atomic E-state index is 0.200. The van der Waals surface area contributed by atoms with Crippen molar-refractivity contribution in [2.75, 3.05) is 5.32 Å². The first-order valence-electron chi connectivity index (χ1n) is 8.17. The van der Waals surface area contributed by atoms with E-state index in [-0.39, 0.29) is 11.8 Å². The quantitative estimate of drug-likeness (QED) is 0.724. The van der Waals surface area contributed by atoms with Crippen molar-refractivity contribution in [3.8, 4) is 0 Å². The van der Waals surface area contributed by atoms with Gasteiger partial charge < -0.3 is 5.32 Å². The van der Waals surface area contributed by atoms with Crippen LogP contribution in [0.2, 0.25) is 0 Å². The van der Waals surface area contributed by atoms with Gasteiger partial charge in [0.05, 0.1) is 0 Å². The highest BCUT2D eigenvalue weighted by atomic mass is 79.9. The molecule has 1 aromatic carbocycles. The average molecular weight is 352 g/mol. The van der Waals surface area contributed by atoms with Crippen molar-refractivity contribution in [3.05, 3.63) is 28.2 Å². The number of carbonyl (C=O) groups is 1. The summed E-state index contributed by atoms with van der Waals surface area (Å²) in [7, 11) is 0. The molecule has 1 fully saturated rings. The maximum atomic E-state index is 12.4. The van der Waals surface area contributed by atoms with E-state index in [1.54, 1.807) is 0 Å². The largest absolute Gasteiger partial charge is 0.326 e. The van der Waals surface area contributed by atoms with E-state index in [2.05, 4.69) is 28.2 Å². The predicted molar refractivity (Wildman–Crippen MR) is 92.5 cm³/mol. The molecule has 116 valence electrons. The van der Waals surface area contributed by atoms with Crippen LogP contribution in [0.15, 0.2) is 22.7 Å². The molecule has 1 aliphatic rings. The van der Waals surface area contributed by atoms with E-state index in [9.17, 15) is 4.79 Å². The molecule has 1 saturated carbocycles.